The molecule has 1 fully saturated rings. The van der Waals surface area contributed by atoms with Crippen LogP contribution in [-0.4, -0.2) is 37.1 Å². The molecule has 0 saturated carbocycles. The van der Waals surface area contributed by atoms with Gasteiger partial charge in [0.2, 0.25) is 0 Å². The Morgan fingerprint density at radius 3 is 3.06 bits per heavy atom. The molecule has 0 aromatic heterocycles. The van der Waals surface area contributed by atoms with E-state index in [2.05, 4.69) is 26.0 Å². The van der Waals surface area contributed by atoms with Crippen molar-refractivity contribution in [3.05, 3.63) is 34.3 Å². The minimum atomic E-state index is -0.417. The largest absolute Gasteiger partial charge is 0.468 e. The lowest BCUT2D eigenvalue weighted by atomic mass is 10.1. The summed E-state index contributed by atoms with van der Waals surface area (Å²) in [6.45, 7) is 0.442. The molecule has 0 bridgehead atoms. The summed E-state index contributed by atoms with van der Waals surface area (Å²) in [7, 11) is 1.31. The number of nitrogens with one attached hydrogen (secondary N) is 1. The number of hydrogen-bond donors (Lipinski definition) is 1. The van der Waals surface area contributed by atoms with Gasteiger partial charge >= 0.3 is 12.0 Å². The third kappa shape index (κ3) is 2.81. The number of nitrogens with zero attached hydrogens (tertiary/aromatic N) is 1. The molecule has 1 unspecified atom stereocenters. The highest BCUT2D eigenvalue weighted by Crippen LogP contribution is 2.22. The van der Waals surface area contributed by atoms with Crippen molar-refractivity contribution in [2.75, 3.05) is 20.2 Å². The lowest BCUT2D eigenvalue weighted by molar-refractivity contribution is -0.141. The Hall–Kier alpha value is -1.56. The molecule has 2 amide bonds. The van der Waals surface area contributed by atoms with Crippen LogP contribution in [0.15, 0.2) is 28.7 Å². The smallest absolute Gasteiger partial charge is 0.325 e. The van der Waals surface area contributed by atoms with Gasteiger partial charge in [-0.25, -0.2) is 4.79 Å². The average Bonchev–Trinajstić information content (AvgIpc) is 2.71. The van der Waals surface area contributed by atoms with E-state index in [9.17, 15) is 9.59 Å². The second-order valence-corrected chi connectivity index (χ2v) is 4.93. The number of esters is 1. The third-order valence-electron chi connectivity index (χ3n) is 2.79. The Balaban J connectivity index is 2.06. The van der Waals surface area contributed by atoms with E-state index < -0.39 is 5.97 Å². The van der Waals surface area contributed by atoms with E-state index in [0.29, 0.717) is 6.54 Å². The number of benzene rings is 1. The molecule has 1 aromatic carbocycles. The molecule has 1 aromatic rings. The maximum Gasteiger partial charge on any atom is 0.325 e. The summed E-state index contributed by atoms with van der Waals surface area (Å²) < 4.78 is 5.51. The first-order chi connectivity index (χ1) is 8.60. The zero-order valence-corrected chi connectivity index (χ0v) is 11.4. The summed E-state index contributed by atoms with van der Waals surface area (Å²) in [4.78, 5) is 24.3. The average molecular weight is 313 g/mol. The third-order valence-corrected chi connectivity index (χ3v) is 3.28. The monoisotopic (exact) mass is 312 g/mol. The molecule has 1 heterocycles. The topological polar surface area (TPSA) is 58.6 Å². The molecule has 5 nitrogen and oxygen atoms in total. The van der Waals surface area contributed by atoms with Crippen molar-refractivity contribution in [3.63, 3.8) is 0 Å². The molecule has 1 aliphatic heterocycles. The van der Waals surface area contributed by atoms with E-state index >= 15 is 0 Å². The SMILES string of the molecule is COC(=O)CN1CC(c2cccc(Br)c2)NC1=O. The molecule has 1 saturated heterocycles. The fourth-order valence-corrected chi connectivity index (χ4v) is 2.28. The van der Waals surface area contributed by atoms with Gasteiger partial charge in [-0.1, -0.05) is 28.1 Å². The van der Waals surface area contributed by atoms with Crippen molar-refractivity contribution < 1.29 is 14.3 Å². The highest BCUT2D eigenvalue weighted by molar-refractivity contribution is 9.10. The molecule has 1 N–H and O–H groups in total. The minimum Gasteiger partial charge on any atom is -0.468 e. The minimum absolute atomic E-state index is 0.0210. The molecule has 96 valence electrons. The van der Waals surface area contributed by atoms with Crippen molar-refractivity contribution >= 4 is 27.9 Å². The Bertz CT molecular complexity index is 478. The van der Waals surface area contributed by atoms with Gasteiger partial charge in [-0.15, -0.1) is 0 Å². The number of methoxy groups -OCH3 is 1. The number of ether oxygens (including phenoxy) is 1. The van der Waals surface area contributed by atoms with Crippen LogP contribution in [0, 0.1) is 0 Å². The van der Waals surface area contributed by atoms with E-state index in [-0.39, 0.29) is 18.6 Å². The predicted octanol–water partition coefficient (Wildman–Crippen LogP) is 1.69. The predicted molar refractivity (Wildman–Crippen MR) is 69.0 cm³/mol. The second-order valence-electron chi connectivity index (χ2n) is 4.01. The Morgan fingerprint density at radius 1 is 1.61 bits per heavy atom. The van der Waals surface area contributed by atoms with Crippen LogP contribution >= 0.6 is 15.9 Å². The number of carbonyl (C=O) groups is 2. The molecular weight excluding hydrogens is 300 g/mol. The van der Waals surface area contributed by atoms with Crippen molar-refractivity contribution in [3.8, 4) is 0 Å². The van der Waals surface area contributed by atoms with Gasteiger partial charge in [-0.3, -0.25) is 4.79 Å². The standard InChI is InChI=1S/C12H13BrN2O3/c1-18-11(16)7-15-6-10(14-12(15)17)8-3-2-4-9(13)5-8/h2-5,10H,6-7H2,1H3,(H,14,17). The van der Waals surface area contributed by atoms with Crippen LogP contribution < -0.4 is 5.32 Å². The van der Waals surface area contributed by atoms with Crippen LogP contribution in [-0.2, 0) is 9.53 Å². The van der Waals surface area contributed by atoms with Gasteiger partial charge in [0.25, 0.3) is 0 Å². The van der Waals surface area contributed by atoms with Gasteiger partial charge in [-0.2, -0.15) is 0 Å². The first-order valence-corrected chi connectivity index (χ1v) is 6.27. The van der Waals surface area contributed by atoms with Crippen LogP contribution in [0.5, 0.6) is 0 Å². The highest BCUT2D eigenvalue weighted by Gasteiger charge is 2.31. The molecule has 18 heavy (non-hydrogen) atoms. The first kappa shape index (κ1) is 12.9. The van der Waals surface area contributed by atoms with E-state index in [1.807, 2.05) is 24.3 Å². The molecule has 0 radical (unpaired) electrons. The fourth-order valence-electron chi connectivity index (χ4n) is 1.86. The van der Waals surface area contributed by atoms with E-state index in [1.54, 1.807) is 0 Å². The Labute approximate surface area is 113 Å². The summed E-state index contributed by atoms with van der Waals surface area (Å²) in [5, 5.41) is 2.84. The number of hydrogen-bond acceptors (Lipinski definition) is 3. The van der Waals surface area contributed by atoms with Gasteiger partial charge in [-0.05, 0) is 17.7 Å². The molecule has 0 spiro atoms. The van der Waals surface area contributed by atoms with Gasteiger partial charge in [0.1, 0.15) is 6.54 Å². The van der Waals surface area contributed by atoms with Crippen LogP contribution in [0.3, 0.4) is 0 Å². The Morgan fingerprint density at radius 2 is 2.39 bits per heavy atom. The van der Waals surface area contributed by atoms with Crippen LogP contribution in [0.25, 0.3) is 0 Å². The number of halogens is 1. The number of amides is 2. The van der Waals surface area contributed by atoms with Crippen molar-refractivity contribution in [2.24, 2.45) is 0 Å². The summed E-state index contributed by atoms with van der Waals surface area (Å²) in [6, 6.07) is 7.38. The summed E-state index contributed by atoms with van der Waals surface area (Å²) in [5.41, 5.74) is 1.00. The van der Waals surface area contributed by atoms with Crippen molar-refractivity contribution in [2.45, 2.75) is 6.04 Å². The summed E-state index contributed by atoms with van der Waals surface area (Å²) in [5.74, 6) is -0.417. The van der Waals surface area contributed by atoms with E-state index in [0.717, 1.165) is 10.0 Å². The van der Waals surface area contributed by atoms with E-state index in [1.165, 1.54) is 12.0 Å². The van der Waals surface area contributed by atoms with Crippen LogP contribution in [0.4, 0.5) is 4.79 Å². The zero-order valence-electron chi connectivity index (χ0n) is 9.85. The first-order valence-electron chi connectivity index (χ1n) is 5.48. The normalized spacial score (nSPS) is 18.7. The van der Waals surface area contributed by atoms with Crippen molar-refractivity contribution in [1.29, 1.82) is 0 Å². The quantitative estimate of drug-likeness (QED) is 0.864. The van der Waals surface area contributed by atoms with Gasteiger partial charge < -0.3 is 15.0 Å². The lowest BCUT2D eigenvalue weighted by Crippen LogP contribution is -2.33. The number of urea groups is 1. The summed E-state index contributed by atoms with van der Waals surface area (Å²) in [6.07, 6.45) is 0. The maximum absolute atomic E-state index is 11.7. The van der Waals surface area contributed by atoms with Gasteiger partial charge in [0.15, 0.2) is 0 Å². The number of rotatable bonds is 3. The van der Waals surface area contributed by atoms with Crippen LogP contribution in [0.1, 0.15) is 11.6 Å². The maximum atomic E-state index is 11.7. The van der Waals surface area contributed by atoms with Gasteiger partial charge in [0, 0.05) is 11.0 Å². The van der Waals surface area contributed by atoms with E-state index in [4.69, 9.17) is 0 Å². The molecule has 0 aliphatic carbocycles. The molecule has 6 heteroatoms. The van der Waals surface area contributed by atoms with Crippen LogP contribution in [0.2, 0.25) is 0 Å². The number of carbonyl (C=O) groups excluding carboxylic acids is 2. The fraction of sp³-hybridized carbons (Fsp3) is 0.333. The molecule has 1 aliphatic rings. The van der Waals surface area contributed by atoms with Gasteiger partial charge in [0.05, 0.1) is 13.2 Å². The Kier molecular flexibility index (Phi) is 3.86. The summed E-state index contributed by atoms with van der Waals surface area (Å²) >= 11 is 3.39. The molecular formula is C12H13BrN2O3. The molecule has 2 rings (SSSR count). The lowest BCUT2D eigenvalue weighted by Gasteiger charge is -2.13. The highest BCUT2D eigenvalue weighted by atomic mass is 79.9. The molecule has 1 atom stereocenters. The second kappa shape index (κ2) is 5.39. The zero-order chi connectivity index (χ0) is 13.1. The van der Waals surface area contributed by atoms with Crippen molar-refractivity contribution in [1.82, 2.24) is 10.2 Å².